The van der Waals surface area contributed by atoms with Gasteiger partial charge in [-0.15, -0.1) is 0 Å². The minimum absolute atomic E-state index is 0.00793. The summed E-state index contributed by atoms with van der Waals surface area (Å²) >= 11 is 0. The molecule has 0 spiro atoms. The van der Waals surface area contributed by atoms with Crippen LogP contribution in [-0.2, 0) is 14.3 Å². The van der Waals surface area contributed by atoms with E-state index in [1.165, 1.54) is 250 Å². The number of carbonyl (C=O) groups excluding carboxylic acids is 2. The van der Waals surface area contributed by atoms with Crippen LogP contribution >= 0.6 is 0 Å². The van der Waals surface area contributed by atoms with Crippen molar-refractivity contribution in [2.45, 2.75) is 334 Å². The molecular weight excluding hydrogens is 815 g/mol. The lowest BCUT2D eigenvalue weighted by atomic mass is 10.0. The molecule has 66 heavy (non-hydrogen) atoms. The van der Waals surface area contributed by atoms with Gasteiger partial charge in [-0.3, -0.25) is 9.59 Å². The van der Waals surface area contributed by atoms with Crippen LogP contribution < -0.4 is 5.32 Å². The summed E-state index contributed by atoms with van der Waals surface area (Å²) in [5.74, 6) is -0.0635. The van der Waals surface area contributed by atoms with Crippen molar-refractivity contribution < 1.29 is 24.5 Å². The van der Waals surface area contributed by atoms with Gasteiger partial charge >= 0.3 is 5.97 Å². The molecule has 3 N–H and O–H groups in total. The Bertz CT molecular complexity index is 1030. The molecule has 0 heterocycles. The predicted octanol–water partition coefficient (Wildman–Crippen LogP) is 18.2. The van der Waals surface area contributed by atoms with Gasteiger partial charge in [-0.05, 0) is 57.8 Å². The maximum absolute atomic E-state index is 12.4. The highest BCUT2D eigenvalue weighted by atomic mass is 16.5. The first-order valence-electron chi connectivity index (χ1n) is 29.6. The van der Waals surface area contributed by atoms with Crippen molar-refractivity contribution in [1.29, 1.82) is 0 Å². The molecule has 390 valence electrons. The van der Waals surface area contributed by atoms with Gasteiger partial charge in [-0.2, -0.15) is 0 Å². The van der Waals surface area contributed by atoms with E-state index >= 15 is 0 Å². The highest BCUT2D eigenvalue weighted by molar-refractivity contribution is 5.76. The van der Waals surface area contributed by atoms with Crippen LogP contribution in [0, 0.1) is 0 Å². The summed E-state index contributed by atoms with van der Waals surface area (Å²) in [6, 6.07) is -0.628. The lowest BCUT2D eigenvalue weighted by Gasteiger charge is -2.20. The van der Waals surface area contributed by atoms with Crippen molar-refractivity contribution >= 4 is 11.9 Å². The van der Waals surface area contributed by atoms with E-state index in [0.29, 0.717) is 19.4 Å². The minimum Gasteiger partial charge on any atom is -0.466 e. The number of rotatable bonds is 55. The van der Waals surface area contributed by atoms with E-state index in [0.717, 1.165) is 44.9 Å². The van der Waals surface area contributed by atoms with Gasteiger partial charge in [0.25, 0.3) is 0 Å². The molecular formula is C60H115NO5. The minimum atomic E-state index is -0.844. The number of unbranched alkanes of at least 4 members (excludes halogenated alkanes) is 42. The molecule has 0 aromatic carbocycles. The number of aliphatic hydroxyl groups excluding tert-OH is 2. The molecule has 0 aromatic rings. The lowest BCUT2D eigenvalue weighted by molar-refractivity contribution is -0.143. The first-order valence-corrected chi connectivity index (χ1v) is 29.6. The molecule has 2 atom stereocenters. The van der Waals surface area contributed by atoms with Crippen LogP contribution in [0.15, 0.2) is 24.3 Å². The van der Waals surface area contributed by atoms with E-state index in [-0.39, 0.29) is 18.5 Å². The number of ether oxygens (including phenoxy) is 1. The summed E-state index contributed by atoms with van der Waals surface area (Å²) in [6.45, 7) is 4.89. The Morgan fingerprint density at radius 1 is 0.409 bits per heavy atom. The summed E-state index contributed by atoms with van der Waals surface area (Å²) in [4.78, 5) is 24.5. The van der Waals surface area contributed by atoms with Gasteiger partial charge in [-0.25, -0.2) is 0 Å². The maximum Gasteiger partial charge on any atom is 0.305 e. The second kappa shape index (κ2) is 55.9. The quantitative estimate of drug-likeness (QED) is 0.0321. The zero-order chi connectivity index (χ0) is 47.9. The number of amides is 1. The number of esters is 1. The Morgan fingerprint density at radius 2 is 0.712 bits per heavy atom. The fourth-order valence-electron chi connectivity index (χ4n) is 9.16. The molecule has 0 aromatic heterocycles. The van der Waals surface area contributed by atoms with Crippen LogP contribution in [0.3, 0.4) is 0 Å². The molecule has 6 nitrogen and oxygen atoms in total. The standard InChI is InChI=1S/C60H115NO5/c1-3-5-7-9-11-13-15-16-17-18-20-24-27-30-34-38-42-46-50-54-60(65)66-55-51-47-43-39-35-31-28-25-22-19-21-23-26-29-33-37-41-45-49-53-59(64)61-57(56-62)58(63)52-48-44-40-36-32-14-12-10-8-6-4-2/h16-17,48,52,57-58,62-63H,3-15,18-47,49-51,53-56H2,1-2H3,(H,61,64)/b17-16-,52-48+. The molecule has 0 saturated heterocycles. The van der Waals surface area contributed by atoms with Gasteiger partial charge in [-0.1, -0.05) is 276 Å². The van der Waals surface area contributed by atoms with Crippen LogP contribution in [0.4, 0.5) is 0 Å². The average molecular weight is 931 g/mol. The van der Waals surface area contributed by atoms with Crippen molar-refractivity contribution in [2.75, 3.05) is 13.2 Å². The fourth-order valence-corrected chi connectivity index (χ4v) is 9.16. The third-order valence-electron chi connectivity index (χ3n) is 13.7. The number of aliphatic hydroxyl groups is 2. The number of nitrogens with one attached hydrogen (secondary N) is 1. The maximum atomic E-state index is 12.4. The van der Waals surface area contributed by atoms with Crippen molar-refractivity contribution in [1.82, 2.24) is 5.32 Å². The summed E-state index contributed by atoms with van der Waals surface area (Å²) in [5.41, 5.74) is 0. The predicted molar refractivity (Wildman–Crippen MR) is 287 cm³/mol. The highest BCUT2D eigenvalue weighted by Gasteiger charge is 2.18. The largest absolute Gasteiger partial charge is 0.466 e. The van der Waals surface area contributed by atoms with Crippen LogP contribution in [0.2, 0.25) is 0 Å². The van der Waals surface area contributed by atoms with Crippen molar-refractivity contribution in [3.05, 3.63) is 24.3 Å². The highest BCUT2D eigenvalue weighted by Crippen LogP contribution is 2.17. The van der Waals surface area contributed by atoms with E-state index in [1.807, 2.05) is 6.08 Å². The molecule has 2 unspecified atom stereocenters. The molecule has 0 aliphatic rings. The van der Waals surface area contributed by atoms with Crippen molar-refractivity contribution in [3.8, 4) is 0 Å². The van der Waals surface area contributed by atoms with E-state index in [2.05, 4.69) is 31.3 Å². The molecule has 0 aliphatic heterocycles. The van der Waals surface area contributed by atoms with E-state index < -0.39 is 12.1 Å². The average Bonchev–Trinajstić information content (AvgIpc) is 3.32. The zero-order valence-electron chi connectivity index (χ0n) is 44.4. The third-order valence-corrected chi connectivity index (χ3v) is 13.7. The van der Waals surface area contributed by atoms with E-state index in [9.17, 15) is 19.8 Å². The fraction of sp³-hybridized carbons (Fsp3) is 0.900. The van der Waals surface area contributed by atoms with Gasteiger partial charge in [0.2, 0.25) is 5.91 Å². The summed E-state index contributed by atoms with van der Waals surface area (Å²) in [6.07, 6.45) is 67.8. The third kappa shape index (κ3) is 51.7. The number of hydrogen-bond donors (Lipinski definition) is 3. The molecule has 0 saturated carbocycles. The molecule has 0 radical (unpaired) electrons. The monoisotopic (exact) mass is 930 g/mol. The second-order valence-electron chi connectivity index (χ2n) is 20.3. The van der Waals surface area contributed by atoms with E-state index in [4.69, 9.17) is 4.74 Å². The van der Waals surface area contributed by atoms with Gasteiger partial charge < -0.3 is 20.3 Å². The second-order valence-corrected chi connectivity index (χ2v) is 20.3. The zero-order valence-corrected chi connectivity index (χ0v) is 44.4. The summed E-state index contributed by atoms with van der Waals surface area (Å²) in [5, 5.41) is 23.0. The SMILES string of the molecule is CCCCCCCC/C=C\CCCCCCCCCCCC(=O)OCCCCCCCCCCCCCCCCCCCCCC(=O)NC(CO)C(O)/C=C/CCCCCCCCCCC. The van der Waals surface area contributed by atoms with Gasteiger partial charge in [0, 0.05) is 12.8 Å². The Morgan fingerprint density at radius 3 is 1.08 bits per heavy atom. The molecule has 0 aliphatic carbocycles. The topological polar surface area (TPSA) is 95.9 Å². The summed E-state index contributed by atoms with van der Waals surface area (Å²) < 4.78 is 5.49. The first kappa shape index (κ1) is 64.3. The smallest absolute Gasteiger partial charge is 0.305 e. The number of carbonyl (C=O) groups is 2. The Labute approximate surface area is 411 Å². The molecule has 0 fully saturated rings. The number of allylic oxidation sites excluding steroid dienone is 3. The lowest BCUT2D eigenvalue weighted by Crippen LogP contribution is -2.45. The Balaban J connectivity index is 3.38. The van der Waals surface area contributed by atoms with Crippen LogP contribution in [0.25, 0.3) is 0 Å². The Kier molecular flexibility index (Phi) is 54.5. The molecule has 0 rings (SSSR count). The normalized spacial score (nSPS) is 12.7. The summed E-state index contributed by atoms with van der Waals surface area (Å²) in [7, 11) is 0. The van der Waals surface area contributed by atoms with Gasteiger partial charge in [0.05, 0.1) is 25.4 Å². The molecule has 6 heteroatoms. The molecule has 1 amide bonds. The van der Waals surface area contributed by atoms with E-state index in [1.54, 1.807) is 6.08 Å². The Hall–Kier alpha value is -1.66. The van der Waals surface area contributed by atoms with Gasteiger partial charge in [0.1, 0.15) is 0 Å². The van der Waals surface area contributed by atoms with Crippen LogP contribution in [0.1, 0.15) is 322 Å². The van der Waals surface area contributed by atoms with Crippen LogP contribution in [-0.4, -0.2) is 47.4 Å². The van der Waals surface area contributed by atoms with Crippen LogP contribution in [0.5, 0.6) is 0 Å². The molecule has 0 bridgehead atoms. The van der Waals surface area contributed by atoms with Crippen molar-refractivity contribution in [3.63, 3.8) is 0 Å². The van der Waals surface area contributed by atoms with Crippen molar-refractivity contribution in [2.24, 2.45) is 0 Å². The van der Waals surface area contributed by atoms with Gasteiger partial charge in [0.15, 0.2) is 0 Å². The number of hydrogen-bond acceptors (Lipinski definition) is 5. The first-order chi connectivity index (χ1) is 32.5.